The average Bonchev–Trinajstić information content (AvgIpc) is 2.55. The molecule has 0 radical (unpaired) electrons. The summed E-state index contributed by atoms with van der Waals surface area (Å²) in [5, 5.41) is 0. The molecule has 6 nitrogen and oxygen atoms in total. The zero-order valence-corrected chi connectivity index (χ0v) is 12.6. The molecule has 1 aliphatic rings. The number of amides is 1. The van der Waals surface area contributed by atoms with E-state index in [4.69, 9.17) is 5.73 Å². The van der Waals surface area contributed by atoms with E-state index in [-0.39, 0.29) is 5.91 Å². The molecule has 22 heavy (non-hydrogen) atoms. The number of hydrogen-bond acceptors (Lipinski definition) is 5. The number of nitrogens with two attached hydrogens (primary N) is 1. The van der Waals surface area contributed by atoms with Gasteiger partial charge in [0.1, 0.15) is 11.6 Å². The highest BCUT2D eigenvalue weighted by molar-refractivity contribution is 5.73. The van der Waals surface area contributed by atoms with Crippen LogP contribution in [0.5, 0.6) is 0 Å². The first-order chi connectivity index (χ1) is 10.6. The van der Waals surface area contributed by atoms with E-state index in [1.165, 1.54) is 0 Å². The molecule has 0 atom stereocenters. The zero-order valence-electron chi connectivity index (χ0n) is 12.6. The quantitative estimate of drug-likeness (QED) is 0.906. The first-order valence-electron chi connectivity index (χ1n) is 7.33. The monoisotopic (exact) mass is 297 g/mol. The van der Waals surface area contributed by atoms with Crippen molar-refractivity contribution in [1.29, 1.82) is 0 Å². The Kier molecular flexibility index (Phi) is 3.91. The maximum atomic E-state index is 11.4. The van der Waals surface area contributed by atoms with Gasteiger partial charge in [-0.05, 0) is 24.3 Å². The normalized spacial score (nSPS) is 15.0. The summed E-state index contributed by atoms with van der Waals surface area (Å²) in [5.41, 5.74) is 7.58. The van der Waals surface area contributed by atoms with Gasteiger partial charge in [-0.2, -0.15) is 0 Å². The van der Waals surface area contributed by atoms with E-state index in [9.17, 15) is 4.79 Å². The van der Waals surface area contributed by atoms with Gasteiger partial charge < -0.3 is 15.5 Å². The molecule has 2 aromatic rings. The minimum atomic E-state index is 0.130. The van der Waals surface area contributed by atoms with Gasteiger partial charge in [0.05, 0.1) is 5.69 Å². The lowest BCUT2D eigenvalue weighted by atomic mass is 10.1. The number of piperazine rings is 1. The molecule has 0 aromatic carbocycles. The van der Waals surface area contributed by atoms with Gasteiger partial charge in [0.2, 0.25) is 5.91 Å². The van der Waals surface area contributed by atoms with Crippen molar-refractivity contribution in [2.24, 2.45) is 0 Å². The average molecular weight is 297 g/mol. The number of nitrogens with zero attached hydrogens (tertiary/aromatic N) is 4. The second-order valence-electron chi connectivity index (χ2n) is 5.34. The van der Waals surface area contributed by atoms with Gasteiger partial charge in [0, 0.05) is 44.9 Å². The summed E-state index contributed by atoms with van der Waals surface area (Å²) in [6.45, 7) is 4.66. The Morgan fingerprint density at radius 1 is 1.18 bits per heavy atom. The van der Waals surface area contributed by atoms with Crippen molar-refractivity contribution in [2.75, 3.05) is 36.8 Å². The van der Waals surface area contributed by atoms with Gasteiger partial charge in [0.15, 0.2) is 0 Å². The zero-order chi connectivity index (χ0) is 15.5. The Morgan fingerprint density at radius 2 is 1.95 bits per heavy atom. The van der Waals surface area contributed by atoms with Crippen LogP contribution in [0.4, 0.5) is 11.6 Å². The van der Waals surface area contributed by atoms with E-state index in [0.717, 1.165) is 43.3 Å². The van der Waals surface area contributed by atoms with Crippen LogP contribution >= 0.6 is 0 Å². The number of aromatic nitrogens is 2. The molecule has 3 heterocycles. The molecule has 6 heteroatoms. The SMILES string of the molecule is CC(=O)N1CCN(c2cc(-c3cccc(N)n3)ccn2)CC1. The van der Waals surface area contributed by atoms with Crippen LogP contribution in [-0.4, -0.2) is 47.0 Å². The Bertz CT molecular complexity index is 680. The summed E-state index contributed by atoms with van der Waals surface area (Å²) in [5.74, 6) is 1.54. The number of pyridine rings is 2. The smallest absolute Gasteiger partial charge is 0.219 e. The number of rotatable bonds is 2. The van der Waals surface area contributed by atoms with E-state index in [0.29, 0.717) is 5.82 Å². The summed E-state index contributed by atoms with van der Waals surface area (Å²) in [6, 6.07) is 9.54. The molecular formula is C16H19N5O. The van der Waals surface area contributed by atoms with E-state index in [1.807, 2.05) is 29.2 Å². The molecule has 114 valence electrons. The molecule has 2 N–H and O–H groups in total. The Labute approximate surface area is 129 Å². The largest absolute Gasteiger partial charge is 0.384 e. The predicted octanol–water partition coefficient (Wildman–Crippen LogP) is 1.39. The van der Waals surface area contributed by atoms with E-state index >= 15 is 0 Å². The van der Waals surface area contributed by atoms with Crippen LogP contribution in [-0.2, 0) is 4.79 Å². The topological polar surface area (TPSA) is 75.4 Å². The molecule has 0 bridgehead atoms. The minimum Gasteiger partial charge on any atom is -0.384 e. The van der Waals surface area contributed by atoms with Crippen LogP contribution in [0.1, 0.15) is 6.92 Å². The van der Waals surface area contributed by atoms with Crippen molar-refractivity contribution >= 4 is 17.5 Å². The number of nitrogen functional groups attached to an aromatic ring is 1. The molecule has 0 spiro atoms. The highest BCUT2D eigenvalue weighted by Crippen LogP contribution is 2.22. The van der Waals surface area contributed by atoms with Gasteiger partial charge in [-0.3, -0.25) is 4.79 Å². The van der Waals surface area contributed by atoms with Crippen molar-refractivity contribution in [2.45, 2.75) is 6.92 Å². The van der Waals surface area contributed by atoms with Crippen molar-refractivity contribution in [1.82, 2.24) is 14.9 Å². The molecule has 1 aliphatic heterocycles. The predicted molar refractivity (Wildman–Crippen MR) is 86.3 cm³/mol. The molecule has 2 aromatic heterocycles. The van der Waals surface area contributed by atoms with Gasteiger partial charge >= 0.3 is 0 Å². The van der Waals surface area contributed by atoms with Crippen LogP contribution in [0.25, 0.3) is 11.3 Å². The number of carbonyl (C=O) groups excluding carboxylic acids is 1. The second kappa shape index (κ2) is 6.01. The fourth-order valence-electron chi connectivity index (χ4n) is 2.61. The van der Waals surface area contributed by atoms with Gasteiger partial charge in [-0.15, -0.1) is 0 Å². The maximum absolute atomic E-state index is 11.4. The van der Waals surface area contributed by atoms with Gasteiger partial charge in [-0.25, -0.2) is 9.97 Å². The minimum absolute atomic E-state index is 0.130. The summed E-state index contributed by atoms with van der Waals surface area (Å²) in [6.07, 6.45) is 1.78. The Morgan fingerprint density at radius 3 is 2.64 bits per heavy atom. The first kappa shape index (κ1) is 14.3. The molecule has 3 rings (SSSR count). The van der Waals surface area contributed by atoms with Crippen LogP contribution in [0.15, 0.2) is 36.5 Å². The molecule has 1 fully saturated rings. The summed E-state index contributed by atoms with van der Waals surface area (Å²) in [7, 11) is 0. The van der Waals surface area contributed by atoms with Crippen molar-refractivity contribution in [3.05, 3.63) is 36.5 Å². The summed E-state index contributed by atoms with van der Waals surface area (Å²) in [4.78, 5) is 24.2. The molecule has 0 aliphatic carbocycles. The maximum Gasteiger partial charge on any atom is 0.219 e. The third-order valence-corrected chi connectivity index (χ3v) is 3.86. The van der Waals surface area contributed by atoms with E-state index < -0.39 is 0 Å². The molecule has 1 amide bonds. The number of anilines is 2. The lowest BCUT2D eigenvalue weighted by molar-refractivity contribution is -0.129. The molecule has 1 saturated heterocycles. The fourth-order valence-corrected chi connectivity index (χ4v) is 2.61. The summed E-state index contributed by atoms with van der Waals surface area (Å²) < 4.78 is 0. The third-order valence-electron chi connectivity index (χ3n) is 3.86. The Hall–Kier alpha value is -2.63. The molecule has 0 unspecified atom stereocenters. The fraction of sp³-hybridized carbons (Fsp3) is 0.312. The highest BCUT2D eigenvalue weighted by Gasteiger charge is 2.19. The lowest BCUT2D eigenvalue weighted by Gasteiger charge is -2.35. The second-order valence-corrected chi connectivity index (χ2v) is 5.34. The van der Waals surface area contributed by atoms with Crippen LogP contribution in [0, 0.1) is 0 Å². The van der Waals surface area contributed by atoms with Crippen LogP contribution in [0.3, 0.4) is 0 Å². The van der Waals surface area contributed by atoms with Crippen molar-refractivity contribution in [3.8, 4) is 11.3 Å². The standard InChI is InChI=1S/C16H19N5O/c1-12(22)20-7-9-21(10-8-20)16-11-13(5-6-18-16)14-3-2-4-15(17)19-14/h2-6,11H,7-10H2,1H3,(H2,17,19). The molecule has 0 saturated carbocycles. The van der Waals surface area contributed by atoms with Crippen molar-refractivity contribution < 1.29 is 4.79 Å². The molecular weight excluding hydrogens is 278 g/mol. The Balaban J connectivity index is 1.79. The summed E-state index contributed by atoms with van der Waals surface area (Å²) >= 11 is 0. The third kappa shape index (κ3) is 3.00. The highest BCUT2D eigenvalue weighted by atomic mass is 16.2. The van der Waals surface area contributed by atoms with Crippen LogP contribution in [0.2, 0.25) is 0 Å². The van der Waals surface area contributed by atoms with Gasteiger partial charge in [-0.1, -0.05) is 6.07 Å². The first-order valence-corrected chi connectivity index (χ1v) is 7.33. The number of hydrogen-bond donors (Lipinski definition) is 1. The van der Waals surface area contributed by atoms with Gasteiger partial charge in [0.25, 0.3) is 0 Å². The van der Waals surface area contributed by atoms with Crippen molar-refractivity contribution in [3.63, 3.8) is 0 Å². The van der Waals surface area contributed by atoms with E-state index in [1.54, 1.807) is 19.2 Å². The number of carbonyl (C=O) groups is 1. The van der Waals surface area contributed by atoms with E-state index in [2.05, 4.69) is 14.9 Å². The lowest BCUT2D eigenvalue weighted by Crippen LogP contribution is -2.48. The van der Waals surface area contributed by atoms with Crippen LogP contribution < -0.4 is 10.6 Å².